The second kappa shape index (κ2) is 3.65. The molecule has 0 amide bonds. The number of hydrogen-bond acceptors (Lipinski definition) is 2. The summed E-state index contributed by atoms with van der Waals surface area (Å²) < 4.78 is 0.726. The van der Waals surface area contributed by atoms with E-state index in [1.165, 1.54) is 12.1 Å². The number of rotatable bonds is 2. The van der Waals surface area contributed by atoms with Gasteiger partial charge in [-0.05, 0) is 12.1 Å². The van der Waals surface area contributed by atoms with Crippen LogP contribution in [0.25, 0.3) is 0 Å². The van der Waals surface area contributed by atoms with E-state index in [1.54, 1.807) is 12.1 Å². The molecule has 0 aliphatic carbocycles. The predicted molar refractivity (Wildman–Crippen MR) is 47.6 cm³/mol. The largest absolute Gasteiger partial charge is 0.478 e. The van der Waals surface area contributed by atoms with Crippen LogP contribution in [0.3, 0.4) is 0 Å². The molecule has 0 spiro atoms. The first-order valence-electron chi connectivity index (χ1n) is 3.07. The van der Waals surface area contributed by atoms with Gasteiger partial charge in [0.2, 0.25) is 0 Å². The van der Waals surface area contributed by atoms with Gasteiger partial charge in [-0.1, -0.05) is 12.1 Å². The van der Waals surface area contributed by atoms with Crippen LogP contribution in [0, 0.1) is 0 Å². The van der Waals surface area contributed by atoms with Gasteiger partial charge in [-0.25, -0.2) is 4.79 Å². The minimum absolute atomic E-state index is 0.0718. The predicted octanol–water partition coefficient (Wildman–Crippen LogP) is 2.50. The number of nitrogens with zero attached hydrogens (tertiary/aromatic N) is 1. The van der Waals surface area contributed by atoms with E-state index in [0.717, 1.165) is 3.94 Å². The highest BCUT2D eigenvalue weighted by Crippen LogP contribution is 2.23. The van der Waals surface area contributed by atoms with Gasteiger partial charge in [0.25, 0.3) is 0 Å². The molecule has 1 N–H and O–H groups in total. The number of carbonyl (C=O) groups is 1. The van der Waals surface area contributed by atoms with Crippen molar-refractivity contribution in [2.45, 2.75) is 0 Å². The lowest BCUT2D eigenvalue weighted by atomic mass is 10.2. The molecular formula is C7H5Cl2NO2. The van der Waals surface area contributed by atoms with E-state index >= 15 is 0 Å². The van der Waals surface area contributed by atoms with Crippen molar-refractivity contribution in [3.05, 3.63) is 29.8 Å². The maximum Gasteiger partial charge on any atom is 0.337 e. The Morgan fingerprint density at radius 2 is 1.92 bits per heavy atom. The van der Waals surface area contributed by atoms with Crippen LogP contribution in [0.5, 0.6) is 0 Å². The Kier molecular flexibility index (Phi) is 2.78. The fraction of sp³-hybridized carbons (Fsp3) is 0. The average molecular weight is 206 g/mol. The summed E-state index contributed by atoms with van der Waals surface area (Å²) >= 11 is 10.8. The monoisotopic (exact) mass is 205 g/mol. The molecule has 0 unspecified atom stereocenters. The maximum absolute atomic E-state index is 10.6. The highest BCUT2D eigenvalue weighted by Gasteiger charge is 2.11. The van der Waals surface area contributed by atoms with Crippen molar-refractivity contribution in [3.63, 3.8) is 0 Å². The fourth-order valence-corrected chi connectivity index (χ4v) is 1.10. The smallest absolute Gasteiger partial charge is 0.337 e. The summed E-state index contributed by atoms with van der Waals surface area (Å²) in [6.45, 7) is 0. The molecule has 64 valence electrons. The second-order valence-corrected chi connectivity index (χ2v) is 2.90. The van der Waals surface area contributed by atoms with Gasteiger partial charge in [0.15, 0.2) is 0 Å². The van der Waals surface area contributed by atoms with Gasteiger partial charge in [-0.15, -0.1) is 0 Å². The Morgan fingerprint density at radius 3 is 2.33 bits per heavy atom. The summed E-state index contributed by atoms with van der Waals surface area (Å²) in [5, 5.41) is 8.67. The Labute approximate surface area is 79.3 Å². The molecule has 3 nitrogen and oxygen atoms in total. The molecule has 0 bridgehead atoms. The molecule has 0 saturated heterocycles. The number of halogens is 2. The van der Waals surface area contributed by atoms with Crippen molar-refractivity contribution in [2.75, 3.05) is 3.94 Å². The van der Waals surface area contributed by atoms with Crippen LogP contribution in [0.15, 0.2) is 24.3 Å². The standard InChI is InChI=1S/C7H5Cl2NO2/c8-10(9)6-4-2-1-3-5(6)7(11)12/h1-4H,(H,11,12). The molecule has 1 aromatic carbocycles. The first kappa shape index (κ1) is 9.16. The zero-order valence-electron chi connectivity index (χ0n) is 5.87. The van der Waals surface area contributed by atoms with Crippen LogP contribution in [0.1, 0.15) is 10.4 Å². The highest BCUT2D eigenvalue weighted by atomic mass is 35.5. The first-order chi connectivity index (χ1) is 5.63. The minimum atomic E-state index is -1.06. The number of carboxylic acids is 1. The summed E-state index contributed by atoms with van der Waals surface area (Å²) in [5.41, 5.74) is 0.329. The second-order valence-electron chi connectivity index (χ2n) is 2.06. The van der Waals surface area contributed by atoms with E-state index in [-0.39, 0.29) is 11.3 Å². The van der Waals surface area contributed by atoms with Crippen molar-refractivity contribution in [2.24, 2.45) is 0 Å². The highest BCUT2D eigenvalue weighted by molar-refractivity contribution is 6.49. The molecule has 0 aliphatic rings. The summed E-state index contributed by atoms with van der Waals surface area (Å²) in [5.74, 6) is -1.06. The van der Waals surface area contributed by atoms with Crippen LogP contribution in [-0.2, 0) is 0 Å². The van der Waals surface area contributed by atoms with E-state index in [1.807, 2.05) is 0 Å². The number of hydrogen-bond donors (Lipinski definition) is 1. The van der Waals surface area contributed by atoms with Gasteiger partial charge >= 0.3 is 5.97 Å². The van der Waals surface area contributed by atoms with E-state index in [4.69, 9.17) is 28.7 Å². The van der Waals surface area contributed by atoms with Crippen molar-refractivity contribution in [1.82, 2.24) is 0 Å². The lowest BCUT2D eigenvalue weighted by Gasteiger charge is -2.07. The van der Waals surface area contributed by atoms with Crippen molar-refractivity contribution in [3.8, 4) is 0 Å². The molecule has 0 atom stereocenters. The molecule has 0 fully saturated rings. The number of benzene rings is 1. The normalized spacial score (nSPS) is 9.50. The van der Waals surface area contributed by atoms with E-state index in [2.05, 4.69) is 0 Å². The Balaban J connectivity index is 3.17. The zero-order chi connectivity index (χ0) is 9.14. The molecule has 12 heavy (non-hydrogen) atoms. The Hall–Kier alpha value is -0.930. The first-order valence-corrected chi connectivity index (χ1v) is 3.74. The topological polar surface area (TPSA) is 40.5 Å². The van der Waals surface area contributed by atoms with Crippen LogP contribution in [-0.4, -0.2) is 11.1 Å². The van der Waals surface area contributed by atoms with Gasteiger partial charge in [0, 0.05) is 23.6 Å². The van der Waals surface area contributed by atoms with Gasteiger partial charge < -0.3 is 5.11 Å². The number of carboxylic acid groups (broad SMARTS) is 1. The van der Waals surface area contributed by atoms with Gasteiger partial charge in [0.1, 0.15) is 0 Å². The summed E-state index contributed by atoms with van der Waals surface area (Å²) in [7, 11) is 0. The Morgan fingerprint density at radius 1 is 1.33 bits per heavy atom. The molecule has 0 heterocycles. The number of anilines is 1. The molecule has 5 heteroatoms. The van der Waals surface area contributed by atoms with Crippen LogP contribution >= 0.6 is 23.6 Å². The summed E-state index contributed by atoms with van der Waals surface area (Å²) in [4.78, 5) is 10.6. The maximum atomic E-state index is 10.6. The molecule has 0 aliphatic heterocycles. The van der Waals surface area contributed by atoms with E-state index in [0.29, 0.717) is 0 Å². The van der Waals surface area contributed by atoms with Gasteiger partial charge in [0.05, 0.1) is 11.3 Å². The van der Waals surface area contributed by atoms with Crippen LogP contribution in [0.2, 0.25) is 0 Å². The third kappa shape index (κ3) is 1.81. The SMILES string of the molecule is O=C(O)c1ccccc1N(Cl)Cl. The Bertz CT molecular complexity index is 301. The number of para-hydroxylation sites is 1. The van der Waals surface area contributed by atoms with Gasteiger partial charge in [-0.3, -0.25) is 0 Å². The number of aromatic carboxylic acids is 1. The zero-order valence-corrected chi connectivity index (χ0v) is 7.38. The molecular weight excluding hydrogens is 201 g/mol. The summed E-state index contributed by atoms with van der Waals surface area (Å²) in [6.07, 6.45) is 0. The van der Waals surface area contributed by atoms with Gasteiger partial charge in [-0.2, -0.15) is 3.94 Å². The van der Waals surface area contributed by atoms with Crippen LogP contribution in [0.4, 0.5) is 5.69 Å². The molecule has 0 radical (unpaired) electrons. The third-order valence-corrected chi connectivity index (χ3v) is 1.68. The minimum Gasteiger partial charge on any atom is -0.478 e. The van der Waals surface area contributed by atoms with Crippen molar-refractivity contribution in [1.29, 1.82) is 0 Å². The fourth-order valence-electron chi connectivity index (χ4n) is 0.802. The molecule has 1 aromatic rings. The lowest BCUT2D eigenvalue weighted by molar-refractivity contribution is 0.0698. The molecule has 0 saturated carbocycles. The third-order valence-electron chi connectivity index (χ3n) is 1.32. The average Bonchev–Trinajstić information content (AvgIpc) is 2.04. The van der Waals surface area contributed by atoms with Crippen molar-refractivity contribution >= 4 is 35.2 Å². The van der Waals surface area contributed by atoms with Crippen LogP contribution < -0.4 is 3.94 Å². The van der Waals surface area contributed by atoms with Crippen molar-refractivity contribution < 1.29 is 9.90 Å². The molecule has 0 aromatic heterocycles. The van der Waals surface area contributed by atoms with E-state index < -0.39 is 5.97 Å². The van der Waals surface area contributed by atoms with E-state index in [9.17, 15) is 4.79 Å². The quantitative estimate of drug-likeness (QED) is 0.755. The molecule has 1 rings (SSSR count). The summed E-state index contributed by atoms with van der Waals surface area (Å²) in [6, 6.07) is 6.20. The lowest BCUT2D eigenvalue weighted by Crippen LogP contribution is -2.03.